The first-order valence-electron chi connectivity index (χ1n) is 11.1. The minimum absolute atomic E-state index is 0. The number of pyridine rings is 1. The molecule has 1 fully saturated rings. The van der Waals surface area contributed by atoms with Crippen molar-refractivity contribution in [1.29, 1.82) is 0 Å². The summed E-state index contributed by atoms with van der Waals surface area (Å²) in [6.07, 6.45) is 13.2. The van der Waals surface area contributed by atoms with Crippen LogP contribution in [0.2, 0.25) is 0 Å². The van der Waals surface area contributed by atoms with E-state index in [0.29, 0.717) is 18.3 Å². The molecule has 0 bridgehead atoms. The van der Waals surface area contributed by atoms with E-state index >= 15 is 0 Å². The minimum Gasteiger partial charge on any atom is -0.353 e. The molecule has 158 valence electrons. The molecule has 1 saturated carbocycles. The predicted octanol–water partition coefficient (Wildman–Crippen LogP) is 6.29. The second-order valence-corrected chi connectivity index (χ2v) is 8.90. The molecule has 0 saturated heterocycles. The summed E-state index contributed by atoms with van der Waals surface area (Å²) in [5.74, 6) is 1.17. The summed E-state index contributed by atoms with van der Waals surface area (Å²) in [5, 5.41) is 3.30. The number of nitrogens with one attached hydrogen (secondary N) is 1. The monoisotopic (exact) mass is 394 g/mol. The van der Waals surface area contributed by atoms with Gasteiger partial charge in [-0.3, -0.25) is 9.78 Å². The SMILES string of the molecule is CC(C)c1ccc(CCC(=O)N[C@@H]2CCCC(c3nccc4c3C=CC4)C2)cc1.[HH].[HH].[HH]. The molecule has 1 amide bonds. The molecule has 1 heterocycles. The van der Waals surface area contributed by atoms with Crippen molar-refractivity contribution in [3.63, 3.8) is 0 Å². The van der Waals surface area contributed by atoms with Crippen molar-refractivity contribution in [2.45, 2.75) is 76.7 Å². The molecule has 1 aromatic carbocycles. The lowest BCUT2D eigenvalue weighted by molar-refractivity contribution is -0.122. The van der Waals surface area contributed by atoms with E-state index in [9.17, 15) is 4.79 Å². The second-order valence-electron chi connectivity index (χ2n) is 8.90. The first kappa shape index (κ1) is 19.9. The van der Waals surface area contributed by atoms with Gasteiger partial charge in [0.1, 0.15) is 0 Å². The number of aryl methyl sites for hydroxylation is 1. The van der Waals surface area contributed by atoms with E-state index in [1.165, 1.54) is 34.4 Å². The molecule has 0 aliphatic heterocycles. The highest BCUT2D eigenvalue weighted by molar-refractivity contribution is 5.76. The van der Waals surface area contributed by atoms with Gasteiger partial charge in [-0.15, -0.1) is 0 Å². The van der Waals surface area contributed by atoms with Gasteiger partial charge >= 0.3 is 0 Å². The van der Waals surface area contributed by atoms with Crippen LogP contribution in [0, 0.1) is 0 Å². The van der Waals surface area contributed by atoms with Gasteiger partial charge in [0.25, 0.3) is 0 Å². The van der Waals surface area contributed by atoms with Crippen LogP contribution in [0.5, 0.6) is 0 Å². The van der Waals surface area contributed by atoms with E-state index in [0.717, 1.165) is 32.1 Å². The maximum Gasteiger partial charge on any atom is 0.220 e. The van der Waals surface area contributed by atoms with Gasteiger partial charge in [0.05, 0.1) is 5.69 Å². The van der Waals surface area contributed by atoms with Crippen molar-refractivity contribution in [2.24, 2.45) is 0 Å². The highest BCUT2D eigenvalue weighted by Crippen LogP contribution is 2.36. The standard InChI is InChI=1S/C26H32N2O.3H2/c1-18(2)20-12-9-19(10-13-20)11-14-25(29)28-23-7-3-6-22(17-23)26-24-8-4-5-21(24)15-16-27-26;;;/h4,8-10,12-13,15-16,18,22-23H,3,5-7,11,14,17H2,1-2H3,(H,28,29);3*1H/t22?,23-;;;/m1.../s1. The fraction of sp³-hybridized carbons (Fsp3) is 0.462. The summed E-state index contributed by atoms with van der Waals surface area (Å²) in [4.78, 5) is 17.3. The average Bonchev–Trinajstić information content (AvgIpc) is 3.22. The number of benzene rings is 1. The van der Waals surface area contributed by atoms with Gasteiger partial charge in [-0.25, -0.2) is 0 Å². The Balaban J connectivity index is 0.00000171. The van der Waals surface area contributed by atoms with Crippen molar-refractivity contribution in [3.8, 4) is 0 Å². The molecule has 3 heteroatoms. The van der Waals surface area contributed by atoms with Crippen molar-refractivity contribution in [2.75, 3.05) is 0 Å². The molecule has 0 spiro atoms. The van der Waals surface area contributed by atoms with Crippen LogP contribution in [0.25, 0.3) is 6.08 Å². The van der Waals surface area contributed by atoms with Crippen LogP contribution in [0.3, 0.4) is 0 Å². The topological polar surface area (TPSA) is 42.0 Å². The van der Waals surface area contributed by atoms with E-state index in [-0.39, 0.29) is 16.2 Å². The lowest BCUT2D eigenvalue weighted by Gasteiger charge is -2.30. The molecule has 2 aliphatic rings. The van der Waals surface area contributed by atoms with E-state index in [2.05, 4.69) is 61.6 Å². The third-order valence-electron chi connectivity index (χ3n) is 6.45. The summed E-state index contributed by atoms with van der Waals surface area (Å²) in [6.45, 7) is 4.41. The third-order valence-corrected chi connectivity index (χ3v) is 6.45. The van der Waals surface area contributed by atoms with Gasteiger partial charge in [0, 0.05) is 28.9 Å². The molecule has 2 atom stereocenters. The predicted molar refractivity (Wildman–Crippen MR) is 125 cm³/mol. The smallest absolute Gasteiger partial charge is 0.220 e. The molecule has 2 aliphatic carbocycles. The minimum atomic E-state index is 0. The number of aromatic nitrogens is 1. The number of amides is 1. The normalized spacial score (nSPS) is 20.7. The molecule has 4 rings (SSSR count). The van der Waals surface area contributed by atoms with E-state index in [4.69, 9.17) is 4.98 Å². The van der Waals surface area contributed by atoms with Crippen LogP contribution in [0.1, 0.15) is 90.0 Å². The van der Waals surface area contributed by atoms with E-state index in [1.807, 2.05) is 6.20 Å². The van der Waals surface area contributed by atoms with Gasteiger partial charge in [-0.1, -0.05) is 56.7 Å². The molecule has 0 radical (unpaired) electrons. The Bertz CT molecular complexity index is 896. The van der Waals surface area contributed by atoms with Gasteiger partial charge in [0.15, 0.2) is 0 Å². The van der Waals surface area contributed by atoms with Crippen LogP contribution in [-0.4, -0.2) is 16.9 Å². The van der Waals surface area contributed by atoms with Crippen LogP contribution < -0.4 is 5.32 Å². The number of fused-ring (bicyclic) bond motifs is 1. The maximum absolute atomic E-state index is 12.6. The van der Waals surface area contributed by atoms with Crippen LogP contribution >= 0.6 is 0 Å². The van der Waals surface area contributed by atoms with Crippen molar-refractivity contribution < 1.29 is 9.07 Å². The van der Waals surface area contributed by atoms with Crippen LogP contribution in [0.15, 0.2) is 42.6 Å². The van der Waals surface area contributed by atoms with Crippen molar-refractivity contribution in [1.82, 2.24) is 10.3 Å². The Morgan fingerprint density at radius 1 is 1.21 bits per heavy atom. The fourth-order valence-electron chi connectivity index (χ4n) is 4.73. The molecule has 29 heavy (non-hydrogen) atoms. The Morgan fingerprint density at radius 3 is 2.83 bits per heavy atom. The molecule has 1 N–H and O–H groups in total. The highest BCUT2D eigenvalue weighted by Gasteiger charge is 2.27. The fourth-order valence-corrected chi connectivity index (χ4v) is 4.73. The summed E-state index contributed by atoms with van der Waals surface area (Å²) in [5.41, 5.74) is 6.55. The summed E-state index contributed by atoms with van der Waals surface area (Å²) in [6, 6.07) is 11.1. The summed E-state index contributed by atoms with van der Waals surface area (Å²) >= 11 is 0. The number of hydrogen-bond acceptors (Lipinski definition) is 2. The average molecular weight is 395 g/mol. The van der Waals surface area contributed by atoms with Gasteiger partial charge in [-0.05, 0) is 66.3 Å². The molecule has 1 unspecified atom stereocenters. The number of carbonyl (C=O) groups excluding carboxylic acids is 1. The molecule has 2 aromatic rings. The molecular formula is C26H38N2O. The lowest BCUT2D eigenvalue weighted by Crippen LogP contribution is -2.38. The molecule has 3 nitrogen and oxygen atoms in total. The zero-order valence-electron chi connectivity index (χ0n) is 17.7. The van der Waals surface area contributed by atoms with Crippen molar-refractivity contribution in [3.05, 3.63) is 70.6 Å². The largest absolute Gasteiger partial charge is 0.353 e. The molecule has 1 aromatic heterocycles. The van der Waals surface area contributed by atoms with Gasteiger partial charge in [-0.2, -0.15) is 0 Å². The summed E-state index contributed by atoms with van der Waals surface area (Å²) < 4.78 is 0. The second kappa shape index (κ2) is 8.94. The highest BCUT2D eigenvalue weighted by atomic mass is 16.1. The van der Waals surface area contributed by atoms with Crippen LogP contribution in [0.4, 0.5) is 0 Å². The first-order chi connectivity index (χ1) is 14.1. The zero-order chi connectivity index (χ0) is 20.2. The first-order valence-corrected chi connectivity index (χ1v) is 11.1. The number of carbonyl (C=O) groups is 1. The quantitative estimate of drug-likeness (QED) is 0.626. The third kappa shape index (κ3) is 4.77. The number of nitrogens with zero attached hydrogens (tertiary/aromatic N) is 1. The van der Waals surface area contributed by atoms with E-state index < -0.39 is 0 Å². The Labute approximate surface area is 179 Å². The number of hydrogen-bond donors (Lipinski definition) is 1. The lowest BCUT2D eigenvalue weighted by atomic mass is 9.81. The van der Waals surface area contributed by atoms with Gasteiger partial charge in [0.2, 0.25) is 5.91 Å². The molecular weight excluding hydrogens is 356 g/mol. The summed E-state index contributed by atoms with van der Waals surface area (Å²) in [7, 11) is 0. The Hall–Kier alpha value is -2.42. The van der Waals surface area contributed by atoms with Crippen molar-refractivity contribution >= 4 is 12.0 Å². The Morgan fingerprint density at radius 2 is 2.03 bits per heavy atom. The number of allylic oxidation sites excluding steroid dienone is 1. The number of rotatable bonds is 6. The van der Waals surface area contributed by atoms with E-state index in [1.54, 1.807) is 0 Å². The Kier molecular flexibility index (Phi) is 6.13. The maximum atomic E-state index is 12.6. The van der Waals surface area contributed by atoms with Gasteiger partial charge < -0.3 is 5.32 Å². The zero-order valence-corrected chi connectivity index (χ0v) is 17.7. The van der Waals surface area contributed by atoms with Crippen LogP contribution in [-0.2, 0) is 17.6 Å².